The average Bonchev–Trinajstić information content (AvgIpc) is 2.63. The maximum absolute atomic E-state index is 11.6. The number of fused-ring (bicyclic) bond motifs is 1. The highest BCUT2D eigenvalue weighted by Gasteiger charge is 2.18. The molecule has 1 aliphatic carbocycles. The van der Waals surface area contributed by atoms with E-state index in [1.807, 2.05) is 13.1 Å². The summed E-state index contributed by atoms with van der Waals surface area (Å²) in [6.45, 7) is 2.74. The summed E-state index contributed by atoms with van der Waals surface area (Å²) in [5, 5.41) is 0. The molecular weight excluding hydrogens is 186 g/mol. The zero-order chi connectivity index (χ0) is 10.7. The molecule has 2 rings (SSSR count). The molecule has 0 radical (unpaired) electrons. The van der Waals surface area contributed by atoms with Gasteiger partial charge in [-0.1, -0.05) is 0 Å². The Balaban J connectivity index is 2.13. The molecule has 0 N–H and O–H groups in total. The van der Waals surface area contributed by atoms with E-state index in [2.05, 4.69) is 22.6 Å². The molecule has 1 aromatic rings. The van der Waals surface area contributed by atoms with E-state index in [9.17, 15) is 4.79 Å². The molecule has 0 atom stereocenters. The number of aryl methyl sites for hydroxylation is 2. The summed E-state index contributed by atoms with van der Waals surface area (Å²) >= 11 is 0. The first-order valence-electron chi connectivity index (χ1n) is 5.42. The molecular formula is C13H15NO. The molecule has 1 aromatic heterocycles. The molecule has 0 unspecified atom stereocenters. The van der Waals surface area contributed by atoms with Crippen molar-refractivity contribution in [1.82, 2.24) is 4.57 Å². The smallest absolute Gasteiger partial charge is 0.164 e. The second-order valence-corrected chi connectivity index (χ2v) is 3.89. The van der Waals surface area contributed by atoms with Crippen LogP contribution in [0.15, 0.2) is 12.4 Å². The summed E-state index contributed by atoms with van der Waals surface area (Å²) in [4.78, 5) is 11.6. The second kappa shape index (κ2) is 4.35. The normalized spacial score (nSPS) is 14.3. The van der Waals surface area contributed by atoms with Gasteiger partial charge in [0.2, 0.25) is 0 Å². The van der Waals surface area contributed by atoms with Crippen LogP contribution in [0.5, 0.6) is 0 Å². The number of carbonyl (C=O) groups is 1. The number of rotatable bonds is 2. The molecule has 15 heavy (non-hydrogen) atoms. The highest BCUT2D eigenvalue weighted by Crippen LogP contribution is 2.21. The standard InChI is InChI=1S/C13H15NO/c1-2-3-4-8-14-9-11-6-5-7-13(15)12(11)10-14/h9-10H,4-8H2,1H3. The van der Waals surface area contributed by atoms with Gasteiger partial charge in [-0.25, -0.2) is 0 Å². The van der Waals surface area contributed by atoms with Crippen molar-refractivity contribution in [1.29, 1.82) is 0 Å². The van der Waals surface area contributed by atoms with E-state index in [0.717, 1.165) is 31.4 Å². The Hall–Kier alpha value is -1.49. The van der Waals surface area contributed by atoms with Crippen molar-refractivity contribution < 1.29 is 4.79 Å². The fourth-order valence-corrected chi connectivity index (χ4v) is 2.02. The Kier molecular flexibility index (Phi) is 2.91. The SMILES string of the molecule is CC#CCCn1cc2c(c1)C(=O)CCC2. The first kappa shape index (κ1) is 10.0. The van der Waals surface area contributed by atoms with Gasteiger partial charge in [0.1, 0.15) is 0 Å². The summed E-state index contributed by atoms with van der Waals surface area (Å²) in [6, 6.07) is 0. The van der Waals surface area contributed by atoms with Crippen LogP contribution in [-0.2, 0) is 13.0 Å². The first-order chi connectivity index (χ1) is 7.31. The number of nitrogens with zero attached hydrogens (tertiary/aromatic N) is 1. The fraction of sp³-hybridized carbons (Fsp3) is 0.462. The van der Waals surface area contributed by atoms with E-state index < -0.39 is 0 Å². The van der Waals surface area contributed by atoms with Crippen LogP contribution < -0.4 is 0 Å². The van der Waals surface area contributed by atoms with Crippen molar-refractivity contribution in [3.63, 3.8) is 0 Å². The van der Waals surface area contributed by atoms with E-state index in [1.165, 1.54) is 5.56 Å². The molecule has 0 aromatic carbocycles. The molecule has 0 aliphatic heterocycles. The summed E-state index contributed by atoms with van der Waals surface area (Å²) in [5.74, 6) is 6.21. The van der Waals surface area contributed by atoms with Gasteiger partial charge in [-0.05, 0) is 25.3 Å². The van der Waals surface area contributed by atoms with E-state index in [-0.39, 0.29) is 0 Å². The fourth-order valence-electron chi connectivity index (χ4n) is 2.02. The first-order valence-corrected chi connectivity index (χ1v) is 5.42. The van der Waals surface area contributed by atoms with Crippen LogP contribution in [-0.4, -0.2) is 10.4 Å². The molecule has 1 heterocycles. The molecule has 0 saturated carbocycles. The lowest BCUT2D eigenvalue weighted by molar-refractivity contribution is 0.0973. The second-order valence-electron chi connectivity index (χ2n) is 3.89. The van der Waals surface area contributed by atoms with Gasteiger partial charge in [0.05, 0.1) is 0 Å². The lowest BCUT2D eigenvalue weighted by atomic mass is 9.95. The number of Topliss-reactive ketones (excluding diaryl/α,β-unsaturated/α-hetero) is 1. The predicted molar refractivity (Wildman–Crippen MR) is 59.8 cm³/mol. The summed E-state index contributed by atoms with van der Waals surface area (Å²) in [6.07, 6.45) is 7.71. The number of aromatic nitrogens is 1. The lowest BCUT2D eigenvalue weighted by Gasteiger charge is -2.07. The number of ketones is 1. The van der Waals surface area contributed by atoms with Crippen LogP contribution in [0.4, 0.5) is 0 Å². The molecule has 0 amide bonds. The predicted octanol–water partition coefficient (Wildman–Crippen LogP) is 2.42. The van der Waals surface area contributed by atoms with Crippen molar-refractivity contribution in [2.24, 2.45) is 0 Å². The molecule has 0 bridgehead atoms. The third-order valence-corrected chi connectivity index (χ3v) is 2.78. The number of hydrogen-bond acceptors (Lipinski definition) is 1. The highest BCUT2D eigenvalue weighted by atomic mass is 16.1. The minimum atomic E-state index is 0.302. The topological polar surface area (TPSA) is 22.0 Å². The molecule has 78 valence electrons. The quantitative estimate of drug-likeness (QED) is 0.673. The van der Waals surface area contributed by atoms with Crippen molar-refractivity contribution >= 4 is 5.78 Å². The van der Waals surface area contributed by atoms with E-state index in [0.29, 0.717) is 12.2 Å². The molecule has 1 aliphatic rings. The van der Waals surface area contributed by atoms with Crippen molar-refractivity contribution in [2.75, 3.05) is 0 Å². The third-order valence-electron chi connectivity index (χ3n) is 2.78. The Bertz CT molecular complexity index is 431. The van der Waals surface area contributed by atoms with Gasteiger partial charge in [-0.3, -0.25) is 4.79 Å². The third kappa shape index (κ3) is 2.12. The molecule has 0 saturated heterocycles. The van der Waals surface area contributed by atoms with E-state index in [4.69, 9.17) is 0 Å². The van der Waals surface area contributed by atoms with Crippen LogP contribution in [0.2, 0.25) is 0 Å². The molecule has 2 heteroatoms. The maximum Gasteiger partial charge on any atom is 0.164 e. The lowest BCUT2D eigenvalue weighted by Crippen LogP contribution is -2.07. The Labute approximate surface area is 90.3 Å². The summed E-state index contributed by atoms with van der Waals surface area (Å²) in [5.41, 5.74) is 2.15. The van der Waals surface area contributed by atoms with Gasteiger partial charge in [-0.2, -0.15) is 0 Å². The van der Waals surface area contributed by atoms with Crippen molar-refractivity contribution in [3.8, 4) is 11.8 Å². The zero-order valence-electron chi connectivity index (χ0n) is 9.05. The van der Waals surface area contributed by atoms with Crippen LogP contribution in [0.25, 0.3) is 0 Å². The Morgan fingerprint density at radius 1 is 1.40 bits per heavy atom. The largest absolute Gasteiger partial charge is 0.352 e. The number of hydrogen-bond donors (Lipinski definition) is 0. The van der Waals surface area contributed by atoms with Gasteiger partial charge in [0.25, 0.3) is 0 Å². The summed E-state index contributed by atoms with van der Waals surface area (Å²) < 4.78 is 2.10. The Morgan fingerprint density at radius 3 is 3.00 bits per heavy atom. The van der Waals surface area contributed by atoms with Crippen LogP contribution in [0.1, 0.15) is 42.1 Å². The minimum absolute atomic E-state index is 0.302. The van der Waals surface area contributed by atoms with Crippen LogP contribution in [0, 0.1) is 11.8 Å². The van der Waals surface area contributed by atoms with E-state index in [1.54, 1.807) is 0 Å². The van der Waals surface area contributed by atoms with Crippen molar-refractivity contribution in [2.45, 2.75) is 39.2 Å². The van der Waals surface area contributed by atoms with Gasteiger partial charge in [0, 0.05) is 37.3 Å². The molecule has 0 fully saturated rings. The zero-order valence-corrected chi connectivity index (χ0v) is 9.05. The van der Waals surface area contributed by atoms with Gasteiger partial charge < -0.3 is 4.57 Å². The monoisotopic (exact) mass is 201 g/mol. The minimum Gasteiger partial charge on any atom is -0.352 e. The van der Waals surface area contributed by atoms with Gasteiger partial charge in [0.15, 0.2) is 5.78 Å². The van der Waals surface area contributed by atoms with Crippen LogP contribution in [0.3, 0.4) is 0 Å². The maximum atomic E-state index is 11.6. The van der Waals surface area contributed by atoms with Gasteiger partial charge >= 0.3 is 0 Å². The highest BCUT2D eigenvalue weighted by molar-refractivity contribution is 5.98. The Morgan fingerprint density at radius 2 is 2.27 bits per heavy atom. The molecule has 0 spiro atoms. The van der Waals surface area contributed by atoms with Crippen LogP contribution >= 0.6 is 0 Å². The van der Waals surface area contributed by atoms with Crippen molar-refractivity contribution in [3.05, 3.63) is 23.5 Å². The summed E-state index contributed by atoms with van der Waals surface area (Å²) in [7, 11) is 0. The molecule has 2 nitrogen and oxygen atoms in total. The number of carbonyl (C=O) groups excluding carboxylic acids is 1. The van der Waals surface area contributed by atoms with Gasteiger partial charge in [-0.15, -0.1) is 11.8 Å². The average molecular weight is 201 g/mol. The van der Waals surface area contributed by atoms with E-state index >= 15 is 0 Å².